The Labute approximate surface area is 137 Å². The molecule has 3 rings (SSSR count). The van der Waals surface area contributed by atoms with Crippen molar-refractivity contribution >= 4 is 43.4 Å². The summed E-state index contributed by atoms with van der Waals surface area (Å²) in [5.74, 6) is -0.424. The normalized spacial score (nSPS) is 11.0. The van der Waals surface area contributed by atoms with Crippen LogP contribution in [0, 0.1) is 6.92 Å². The Hall–Kier alpha value is -1.73. The van der Waals surface area contributed by atoms with E-state index in [2.05, 4.69) is 41.8 Å². The maximum Gasteiger partial charge on any atom is 0.248 e. The lowest BCUT2D eigenvalue weighted by Gasteiger charge is -2.07. The summed E-state index contributed by atoms with van der Waals surface area (Å²) in [5.41, 5.74) is 9.29. The van der Waals surface area contributed by atoms with Crippen molar-refractivity contribution in [3.8, 4) is 11.3 Å². The van der Waals surface area contributed by atoms with E-state index in [-0.39, 0.29) is 0 Å². The van der Waals surface area contributed by atoms with Gasteiger partial charge in [-0.3, -0.25) is 9.20 Å². The molecule has 1 aromatic carbocycles. The van der Waals surface area contributed by atoms with E-state index in [0.29, 0.717) is 14.8 Å². The van der Waals surface area contributed by atoms with Crippen molar-refractivity contribution in [1.82, 2.24) is 14.4 Å². The summed E-state index contributed by atoms with van der Waals surface area (Å²) in [6, 6.07) is 5.52. The predicted molar refractivity (Wildman–Crippen MR) is 87.1 cm³/mol. The van der Waals surface area contributed by atoms with Gasteiger partial charge in [-0.25, -0.2) is 9.97 Å². The van der Waals surface area contributed by atoms with Crippen LogP contribution in [0.15, 0.2) is 39.8 Å². The van der Waals surface area contributed by atoms with Gasteiger partial charge in [-0.15, -0.1) is 0 Å². The molecule has 0 bridgehead atoms. The fourth-order valence-corrected chi connectivity index (χ4v) is 3.34. The Balaban J connectivity index is 2.21. The van der Waals surface area contributed by atoms with Crippen LogP contribution < -0.4 is 5.73 Å². The number of halogens is 2. The second kappa shape index (κ2) is 5.23. The molecule has 5 nitrogen and oxygen atoms in total. The van der Waals surface area contributed by atoms with Crippen molar-refractivity contribution < 1.29 is 4.79 Å². The molecule has 0 unspecified atom stereocenters. The standard InChI is InChI=1S/C14H10Br2N4O/c1-7-4-8(2-3-9(7)13(17)21)10-5-18-14-12(16)19-11(15)6-20(10)14/h2-6H,1H3,(H2,17,21). The molecule has 3 aromatic rings. The minimum absolute atomic E-state index is 0.424. The molecule has 7 heteroatoms. The van der Waals surface area contributed by atoms with Crippen LogP contribution >= 0.6 is 31.9 Å². The molecule has 106 valence electrons. The van der Waals surface area contributed by atoms with Crippen LogP contribution in [0.3, 0.4) is 0 Å². The maximum absolute atomic E-state index is 11.3. The van der Waals surface area contributed by atoms with E-state index >= 15 is 0 Å². The number of nitrogens with two attached hydrogens (primary N) is 1. The molecule has 0 atom stereocenters. The third kappa shape index (κ3) is 2.47. The maximum atomic E-state index is 11.3. The monoisotopic (exact) mass is 408 g/mol. The number of carbonyl (C=O) groups excluding carboxylic acids is 1. The van der Waals surface area contributed by atoms with Gasteiger partial charge in [0, 0.05) is 17.3 Å². The predicted octanol–water partition coefficient (Wildman–Crippen LogP) is 3.33. The number of amides is 1. The second-order valence-electron chi connectivity index (χ2n) is 4.59. The highest BCUT2D eigenvalue weighted by Gasteiger charge is 2.12. The van der Waals surface area contributed by atoms with Crippen LogP contribution in [0.4, 0.5) is 0 Å². The number of hydrogen-bond donors (Lipinski definition) is 1. The van der Waals surface area contributed by atoms with Crippen LogP contribution in [0.1, 0.15) is 15.9 Å². The minimum atomic E-state index is -0.424. The number of hydrogen-bond acceptors (Lipinski definition) is 3. The number of nitrogens with zero attached hydrogens (tertiary/aromatic N) is 3. The molecule has 0 spiro atoms. The SMILES string of the molecule is Cc1cc(-c2cnc3c(Br)nc(Br)cn23)ccc1C(N)=O. The van der Waals surface area contributed by atoms with E-state index in [1.807, 2.05) is 29.7 Å². The summed E-state index contributed by atoms with van der Waals surface area (Å²) >= 11 is 6.76. The highest BCUT2D eigenvalue weighted by atomic mass is 79.9. The number of primary amides is 1. The molecule has 0 aliphatic carbocycles. The van der Waals surface area contributed by atoms with Crippen molar-refractivity contribution in [2.75, 3.05) is 0 Å². The number of aryl methyl sites for hydroxylation is 1. The molecule has 0 saturated carbocycles. The molecule has 21 heavy (non-hydrogen) atoms. The summed E-state index contributed by atoms with van der Waals surface area (Å²) in [7, 11) is 0. The molecular formula is C14H10Br2N4O. The van der Waals surface area contributed by atoms with Crippen molar-refractivity contribution in [3.05, 3.63) is 50.9 Å². The summed E-state index contributed by atoms with van der Waals surface area (Å²) in [5, 5.41) is 0. The van der Waals surface area contributed by atoms with Crippen LogP contribution in [0.25, 0.3) is 16.9 Å². The number of aromatic nitrogens is 3. The van der Waals surface area contributed by atoms with Crippen LogP contribution in [0.5, 0.6) is 0 Å². The smallest absolute Gasteiger partial charge is 0.248 e. The fourth-order valence-electron chi connectivity index (χ4n) is 2.24. The van der Waals surface area contributed by atoms with Gasteiger partial charge in [-0.05, 0) is 56.5 Å². The van der Waals surface area contributed by atoms with Gasteiger partial charge >= 0.3 is 0 Å². The Kier molecular flexibility index (Phi) is 3.54. The molecule has 2 N–H and O–H groups in total. The first-order chi connectivity index (χ1) is 9.97. The van der Waals surface area contributed by atoms with Gasteiger partial charge in [0.05, 0.1) is 11.9 Å². The zero-order valence-corrected chi connectivity index (χ0v) is 14.1. The topological polar surface area (TPSA) is 73.3 Å². The van der Waals surface area contributed by atoms with E-state index in [1.54, 1.807) is 12.3 Å². The van der Waals surface area contributed by atoms with Gasteiger partial charge in [0.1, 0.15) is 4.60 Å². The lowest BCUT2D eigenvalue weighted by Crippen LogP contribution is -2.12. The highest BCUT2D eigenvalue weighted by molar-refractivity contribution is 9.11. The first-order valence-corrected chi connectivity index (χ1v) is 7.66. The summed E-state index contributed by atoms with van der Waals surface area (Å²) < 4.78 is 3.29. The van der Waals surface area contributed by atoms with Crippen molar-refractivity contribution in [3.63, 3.8) is 0 Å². The molecule has 0 radical (unpaired) electrons. The first-order valence-electron chi connectivity index (χ1n) is 6.07. The molecule has 0 saturated heterocycles. The number of imidazole rings is 1. The largest absolute Gasteiger partial charge is 0.366 e. The lowest BCUT2D eigenvalue weighted by atomic mass is 10.0. The van der Waals surface area contributed by atoms with Crippen molar-refractivity contribution in [2.24, 2.45) is 5.73 Å². The van der Waals surface area contributed by atoms with Gasteiger partial charge in [-0.1, -0.05) is 6.07 Å². The Morgan fingerprint density at radius 2 is 2.10 bits per heavy atom. The van der Waals surface area contributed by atoms with Gasteiger partial charge in [-0.2, -0.15) is 0 Å². The zero-order chi connectivity index (χ0) is 15.1. The first kappa shape index (κ1) is 14.2. The Bertz CT molecular complexity index is 873. The molecule has 1 amide bonds. The zero-order valence-electron chi connectivity index (χ0n) is 11.0. The number of fused-ring (bicyclic) bond motifs is 1. The molecule has 0 aliphatic heterocycles. The van der Waals surface area contributed by atoms with Gasteiger partial charge in [0.2, 0.25) is 5.91 Å². The molecule has 2 heterocycles. The minimum Gasteiger partial charge on any atom is -0.366 e. The van der Waals surface area contributed by atoms with E-state index in [4.69, 9.17) is 5.73 Å². The molecule has 0 aliphatic rings. The average molecular weight is 410 g/mol. The van der Waals surface area contributed by atoms with E-state index in [9.17, 15) is 4.79 Å². The molecular weight excluding hydrogens is 400 g/mol. The quantitative estimate of drug-likeness (QED) is 0.705. The van der Waals surface area contributed by atoms with Gasteiger partial charge < -0.3 is 5.73 Å². The number of benzene rings is 1. The fraction of sp³-hybridized carbons (Fsp3) is 0.0714. The molecule has 0 fully saturated rings. The average Bonchev–Trinajstić information content (AvgIpc) is 2.82. The van der Waals surface area contributed by atoms with E-state index < -0.39 is 5.91 Å². The van der Waals surface area contributed by atoms with Crippen LogP contribution in [0.2, 0.25) is 0 Å². The van der Waals surface area contributed by atoms with Crippen molar-refractivity contribution in [1.29, 1.82) is 0 Å². The third-order valence-electron chi connectivity index (χ3n) is 3.21. The third-order valence-corrected chi connectivity index (χ3v) is 4.12. The number of carbonyl (C=O) groups is 1. The van der Waals surface area contributed by atoms with E-state index in [1.165, 1.54) is 0 Å². The van der Waals surface area contributed by atoms with Crippen LogP contribution in [-0.4, -0.2) is 20.3 Å². The van der Waals surface area contributed by atoms with E-state index in [0.717, 1.165) is 22.5 Å². The van der Waals surface area contributed by atoms with Crippen molar-refractivity contribution in [2.45, 2.75) is 6.92 Å². The second-order valence-corrected chi connectivity index (χ2v) is 6.15. The van der Waals surface area contributed by atoms with Crippen LogP contribution in [-0.2, 0) is 0 Å². The number of rotatable bonds is 2. The Morgan fingerprint density at radius 1 is 1.33 bits per heavy atom. The lowest BCUT2D eigenvalue weighted by molar-refractivity contribution is 0.1000. The Morgan fingerprint density at radius 3 is 2.76 bits per heavy atom. The molecule has 2 aromatic heterocycles. The summed E-state index contributed by atoms with van der Waals surface area (Å²) in [4.78, 5) is 19.9. The summed E-state index contributed by atoms with van der Waals surface area (Å²) in [6.45, 7) is 1.86. The van der Waals surface area contributed by atoms with Gasteiger partial charge in [0.15, 0.2) is 10.3 Å². The highest BCUT2D eigenvalue weighted by Crippen LogP contribution is 2.27. The summed E-state index contributed by atoms with van der Waals surface area (Å²) in [6.07, 6.45) is 3.62. The van der Waals surface area contributed by atoms with Gasteiger partial charge in [0.25, 0.3) is 0 Å².